The summed E-state index contributed by atoms with van der Waals surface area (Å²) in [5, 5.41) is 2.68. The highest BCUT2D eigenvalue weighted by atomic mass is 79.9. The lowest BCUT2D eigenvalue weighted by molar-refractivity contribution is -0.120. The highest BCUT2D eigenvalue weighted by molar-refractivity contribution is 9.10. The van der Waals surface area contributed by atoms with Gasteiger partial charge >= 0.3 is 0 Å². The fourth-order valence-electron chi connectivity index (χ4n) is 1.03. The first-order valence-corrected chi connectivity index (χ1v) is 5.42. The van der Waals surface area contributed by atoms with Crippen molar-refractivity contribution in [2.75, 3.05) is 18.5 Å². The lowest BCUT2D eigenvalue weighted by Gasteiger charge is -2.07. The lowest BCUT2D eigenvalue weighted by atomic mass is 10.3. The molecule has 0 unspecified atom stereocenters. The summed E-state index contributed by atoms with van der Waals surface area (Å²) in [5.41, 5.74) is 0.911. The minimum Gasteiger partial charge on any atom is -0.372 e. The van der Waals surface area contributed by atoms with Crippen LogP contribution in [0.4, 0.5) is 5.82 Å². The molecule has 15 heavy (non-hydrogen) atoms. The summed E-state index contributed by atoms with van der Waals surface area (Å²) in [5.74, 6) is 0.387. The number of aromatic nitrogens is 1. The van der Waals surface area contributed by atoms with E-state index in [-0.39, 0.29) is 12.5 Å². The molecule has 1 amide bonds. The first-order valence-electron chi connectivity index (χ1n) is 4.63. The Morgan fingerprint density at radius 1 is 1.67 bits per heavy atom. The third-order valence-corrected chi connectivity index (χ3v) is 2.17. The smallest absolute Gasteiger partial charge is 0.251 e. The zero-order chi connectivity index (χ0) is 11.3. The zero-order valence-electron chi connectivity index (χ0n) is 8.71. The monoisotopic (exact) mass is 272 g/mol. The summed E-state index contributed by atoms with van der Waals surface area (Å²) >= 11 is 3.30. The summed E-state index contributed by atoms with van der Waals surface area (Å²) in [6.07, 6.45) is 1.64. The molecule has 1 heterocycles. The van der Waals surface area contributed by atoms with Crippen LogP contribution in [0.5, 0.6) is 0 Å². The van der Waals surface area contributed by atoms with Gasteiger partial charge in [-0.25, -0.2) is 4.98 Å². The molecule has 0 radical (unpaired) electrons. The number of carbonyl (C=O) groups is 1. The van der Waals surface area contributed by atoms with Crippen LogP contribution in [0, 0.1) is 6.92 Å². The van der Waals surface area contributed by atoms with E-state index in [9.17, 15) is 4.79 Å². The average Bonchev–Trinajstić information content (AvgIpc) is 2.19. The van der Waals surface area contributed by atoms with Gasteiger partial charge in [0.2, 0.25) is 0 Å². The molecule has 1 rings (SSSR count). The van der Waals surface area contributed by atoms with Gasteiger partial charge in [-0.1, -0.05) is 0 Å². The minimum atomic E-state index is -0.185. The molecule has 0 atom stereocenters. The molecule has 0 saturated heterocycles. The van der Waals surface area contributed by atoms with E-state index in [1.807, 2.05) is 19.9 Å². The molecule has 0 spiro atoms. The minimum absolute atomic E-state index is 0.0632. The van der Waals surface area contributed by atoms with E-state index in [2.05, 4.69) is 26.2 Å². The van der Waals surface area contributed by atoms with Crippen LogP contribution in [-0.2, 0) is 9.53 Å². The number of amides is 1. The largest absolute Gasteiger partial charge is 0.372 e. The first-order chi connectivity index (χ1) is 7.13. The quantitative estimate of drug-likeness (QED) is 0.914. The van der Waals surface area contributed by atoms with Gasteiger partial charge in [-0.3, -0.25) is 4.79 Å². The SMILES string of the molecule is CCOCC(=O)Nc1ncc(Br)cc1C. The average molecular weight is 273 g/mol. The third kappa shape index (κ3) is 3.97. The van der Waals surface area contributed by atoms with E-state index in [0.29, 0.717) is 12.4 Å². The Kier molecular flexibility index (Phi) is 4.71. The molecular formula is C10H13BrN2O2. The van der Waals surface area contributed by atoms with Gasteiger partial charge in [0.05, 0.1) is 0 Å². The molecule has 1 aromatic heterocycles. The Morgan fingerprint density at radius 2 is 2.40 bits per heavy atom. The molecule has 4 nitrogen and oxygen atoms in total. The van der Waals surface area contributed by atoms with Crippen molar-refractivity contribution in [1.29, 1.82) is 0 Å². The molecule has 0 saturated carbocycles. The number of hydrogen-bond donors (Lipinski definition) is 1. The Morgan fingerprint density at radius 3 is 3.00 bits per heavy atom. The second kappa shape index (κ2) is 5.82. The van der Waals surface area contributed by atoms with E-state index in [4.69, 9.17) is 4.74 Å². The van der Waals surface area contributed by atoms with Crippen molar-refractivity contribution in [1.82, 2.24) is 4.98 Å². The van der Waals surface area contributed by atoms with Crippen molar-refractivity contribution >= 4 is 27.7 Å². The predicted molar refractivity (Wildman–Crippen MR) is 61.8 cm³/mol. The number of nitrogens with zero attached hydrogens (tertiary/aromatic N) is 1. The van der Waals surface area contributed by atoms with Crippen molar-refractivity contribution in [3.63, 3.8) is 0 Å². The molecule has 1 aromatic rings. The van der Waals surface area contributed by atoms with Crippen molar-refractivity contribution in [2.45, 2.75) is 13.8 Å². The maximum absolute atomic E-state index is 11.3. The highest BCUT2D eigenvalue weighted by Gasteiger charge is 2.05. The zero-order valence-corrected chi connectivity index (χ0v) is 10.3. The molecule has 0 aliphatic rings. The van der Waals surface area contributed by atoms with Crippen LogP contribution in [0.25, 0.3) is 0 Å². The van der Waals surface area contributed by atoms with Crippen molar-refractivity contribution < 1.29 is 9.53 Å². The van der Waals surface area contributed by atoms with Crippen LogP contribution in [0.15, 0.2) is 16.7 Å². The van der Waals surface area contributed by atoms with E-state index >= 15 is 0 Å². The summed E-state index contributed by atoms with van der Waals surface area (Å²) in [6, 6.07) is 1.89. The normalized spacial score (nSPS) is 10.1. The number of halogens is 1. The van der Waals surface area contributed by atoms with Crippen LogP contribution >= 0.6 is 15.9 Å². The van der Waals surface area contributed by atoms with E-state index in [0.717, 1.165) is 10.0 Å². The molecule has 0 aromatic carbocycles. The molecule has 0 aliphatic carbocycles. The predicted octanol–water partition coefficient (Wildman–Crippen LogP) is 2.13. The number of carbonyl (C=O) groups excluding carboxylic acids is 1. The molecule has 0 bridgehead atoms. The summed E-state index contributed by atoms with van der Waals surface area (Å²) < 4.78 is 5.87. The van der Waals surface area contributed by atoms with Gasteiger partial charge in [0, 0.05) is 17.3 Å². The molecule has 1 N–H and O–H groups in total. The fraction of sp³-hybridized carbons (Fsp3) is 0.400. The standard InChI is InChI=1S/C10H13BrN2O2/c1-3-15-6-9(14)13-10-7(2)4-8(11)5-12-10/h4-5H,3,6H2,1-2H3,(H,12,13,14). The molecule has 82 valence electrons. The van der Waals surface area contributed by atoms with E-state index in [1.54, 1.807) is 6.20 Å². The van der Waals surface area contributed by atoms with Crippen LogP contribution in [-0.4, -0.2) is 24.1 Å². The van der Waals surface area contributed by atoms with E-state index < -0.39 is 0 Å². The van der Waals surface area contributed by atoms with Crippen LogP contribution in [0.3, 0.4) is 0 Å². The van der Waals surface area contributed by atoms with Gasteiger partial charge < -0.3 is 10.1 Å². The first kappa shape index (κ1) is 12.1. The number of rotatable bonds is 4. The number of nitrogens with one attached hydrogen (secondary N) is 1. The lowest BCUT2D eigenvalue weighted by Crippen LogP contribution is -2.19. The Hall–Kier alpha value is -0.940. The van der Waals surface area contributed by atoms with Crippen molar-refractivity contribution in [3.8, 4) is 0 Å². The van der Waals surface area contributed by atoms with E-state index in [1.165, 1.54) is 0 Å². The Balaban J connectivity index is 2.60. The number of pyridine rings is 1. The molecule has 5 heteroatoms. The molecule has 0 aliphatic heterocycles. The van der Waals surface area contributed by atoms with Crippen LogP contribution in [0.2, 0.25) is 0 Å². The number of aryl methyl sites for hydroxylation is 1. The van der Waals surface area contributed by atoms with Crippen molar-refractivity contribution in [2.24, 2.45) is 0 Å². The number of ether oxygens (including phenoxy) is 1. The maximum Gasteiger partial charge on any atom is 0.251 e. The maximum atomic E-state index is 11.3. The van der Waals surface area contributed by atoms with Gasteiger partial charge in [0.15, 0.2) is 0 Å². The van der Waals surface area contributed by atoms with Gasteiger partial charge in [0.1, 0.15) is 12.4 Å². The summed E-state index contributed by atoms with van der Waals surface area (Å²) in [7, 11) is 0. The number of hydrogen-bond acceptors (Lipinski definition) is 3. The van der Waals surface area contributed by atoms with Gasteiger partial charge in [-0.05, 0) is 41.4 Å². The van der Waals surface area contributed by atoms with Gasteiger partial charge in [-0.2, -0.15) is 0 Å². The topological polar surface area (TPSA) is 51.2 Å². The fourth-order valence-corrected chi connectivity index (χ4v) is 1.48. The Bertz CT molecular complexity index is 355. The van der Waals surface area contributed by atoms with Crippen LogP contribution in [0.1, 0.15) is 12.5 Å². The van der Waals surface area contributed by atoms with Gasteiger partial charge in [-0.15, -0.1) is 0 Å². The third-order valence-electron chi connectivity index (χ3n) is 1.74. The second-order valence-electron chi connectivity index (χ2n) is 3.00. The number of anilines is 1. The van der Waals surface area contributed by atoms with Crippen molar-refractivity contribution in [3.05, 3.63) is 22.3 Å². The highest BCUT2D eigenvalue weighted by Crippen LogP contribution is 2.16. The Labute approximate surface area is 97.2 Å². The molecular weight excluding hydrogens is 260 g/mol. The second-order valence-corrected chi connectivity index (χ2v) is 3.92. The molecule has 0 fully saturated rings. The summed E-state index contributed by atoms with van der Waals surface area (Å²) in [4.78, 5) is 15.4. The van der Waals surface area contributed by atoms with Crippen LogP contribution < -0.4 is 5.32 Å². The van der Waals surface area contributed by atoms with Gasteiger partial charge in [0.25, 0.3) is 5.91 Å². The summed E-state index contributed by atoms with van der Waals surface area (Å²) in [6.45, 7) is 4.32.